The Kier molecular flexibility index (Phi) is 8.79. The molecule has 3 aromatic rings. The van der Waals surface area contributed by atoms with Crippen molar-refractivity contribution >= 4 is 11.0 Å². The molecule has 1 aliphatic carbocycles. The molecule has 37 heavy (non-hydrogen) atoms. The summed E-state index contributed by atoms with van der Waals surface area (Å²) in [6.45, 7) is 19.9. The van der Waals surface area contributed by atoms with E-state index in [1.165, 1.54) is 11.3 Å². The number of benzene rings is 1. The van der Waals surface area contributed by atoms with Crippen LogP contribution in [0.1, 0.15) is 102 Å². The van der Waals surface area contributed by atoms with E-state index in [0.717, 1.165) is 78.9 Å². The van der Waals surface area contributed by atoms with Crippen molar-refractivity contribution in [2.45, 2.75) is 111 Å². The van der Waals surface area contributed by atoms with Gasteiger partial charge in [0.1, 0.15) is 11.6 Å². The first kappa shape index (κ1) is 27.4. The van der Waals surface area contributed by atoms with Crippen LogP contribution < -0.4 is 5.32 Å². The lowest BCUT2D eigenvalue weighted by atomic mass is 9.86. The van der Waals surface area contributed by atoms with Crippen LogP contribution in [0.25, 0.3) is 22.2 Å². The van der Waals surface area contributed by atoms with Gasteiger partial charge < -0.3 is 19.1 Å². The summed E-state index contributed by atoms with van der Waals surface area (Å²) >= 11 is 0. The summed E-state index contributed by atoms with van der Waals surface area (Å²) in [6, 6.07) is 7.15. The van der Waals surface area contributed by atoms with Crippen LogP contribution in [0, 0.1) is 19.8 Å². The van der Waals surface area contributed by atoms with Crippen LogP contribution in [-0.4, -0.2) is 33.5 Å². The smallest absolute Gasteiger partial charge is 0.141 e. The van der Waals surface area contributed by atoms with Gasteiger partial charge >= 0.3 is 0 Å². The molecular formula is C31H46N4O2. The van der Waals surface area contributed by atoms with E-state index in [-0.39, 0.29) is 6.10 Å². The summed E-state index contributed by atoms with van der Waals surface area (Å²) < 4.78 is 14.2. The number of nitrogens with one attached hydrogen (secondary N) is 1. The van der Waals surface area contributed by atoms with Gasteiger partial charge in [-0.3, -0.25) is 0 Å². The molecule has 2 aromatic heterocycles. The number of allylic oxidation sites excluding steroid dienone is 1. The van der Waals surface area contributed by atoms with Gasteiger partial charge in [0.05, 0.1) is 28.9 Å². The quantitative estimate of drug-likeness (QED) is 0.287. The molecule has 2 atom stereocenters. The van der Waals surface area contributed by atoms with E-state index in [0.29, 0.717) is 24.0 Å². The number of imidazole rings is 1. The summed E-state index contributed by atoms with van der Waals surface area (Å²) in [5.74, 6) is 2.99. The van der Waals surface area contributed by atoms with Gasteiger partial charge in [-0.2, -0.15) is 0 Å². The molecule has 0 amide bonds. The van der Waals surface area contributed by atoms with E-state index < -0.39 is 0 Å². The Balaban J connectivity index is 1.76. The molecule has 0 bridgehead atoms. The summed E-state index contributed by atoms with van der Waals surface area (Å²) in [5.41, 5.74) is 6.44. The number of aromatic nitrogens is 3. The predicted molar refractivity (Wildman–Crippen MR) is 152 cm³/mol. The minimum Gasteiger partial charge on any atom is -0.389 e. The lowest BCUT2D eigenvalue weighted by Gasteiger charge is -2.33. The molecule has 0 aliphatic heterocycles. The Labute approximate surface area is 222 Å². The molecule has 6 nitrogen and oxygen atoms in total. The van der Waals surface area contributed by atoms with E-state index in [2.05, 4.69) is 67.5 Å². The monoisotopic (exact) mass is 506 g/mol. The molecule has 202 valence electrons. The molecular weight excluding hydrogens is 460 g/mol. The number of fused-ring (bicyclic) bond motifs is 1. The standard InChI is InChI=1S/C31H46N4O2/c1-9-21(6)27(16-17-32-19(2)3)31-33-28-18-24(30-22(7)34-37-23(30)8)10-15-29(28)35(31)25-11-13-26(14-12-25)36-20(4)5/h10,15,18,20-21,25-27,32H,2,9,11-14,16-17H2,1,3-8H3/t21-,25?,26?,27?/m1/s1. The number of hydrogen-bond donors (Lipinski definition) is 1. The van der Waals surface area contributed by atoms with Gasteiger partial charge in [0, 0.05) is 29.8 Å². The third-order valence-corrected chi connectivity index (χ3v) is 8.06. The van der Waals surface area contributed by atoms with Crippen LogP contribution in [0.15, 0.2) is 35.0 Å². The molecule has 0 saturated heterocycles. The molecule has 1 fully saturated rings. The fourth-order valence-electron chi connectivity index (χ4n) is 6.03. The highest BCUT2D eigenvalue weighted by Crippen LogP contribution is 2.40. The van der Waals surface area contributed by atoms with Gasteiger partial charge in [0.2, 0.25) is 0 Å². The van der Waals surface area contributed by atoms with Gasteiger partial charge in [-0.25, -0.2) is 4.98 Å². The lowest BCUT2D eigenvalue weighted by Crippen LogP contribution is -2.28. The Bertz CT molecular complexity index is 1180. The minimum atomic E-state index is 0.282. The molecule has 4 rings (SSSR count). The van der Waals surface area contributed by atoms with Crippen molar-refractivity contribution in [3.05, 3.63) is 47.8 Å². The number of aryl methyl sites for hydroxylation is 2. The lowest BCUT2D eigenvalue weighted by molar-refractivity contribution is -0.0185. The van der Waals surface area contributed by atoms with Gasteiger partial charge in [-0.15, -0.1) is 0 Å². The highest BCUT2D eigenvalue weighted by molar-refractivity contribution is 5.84. The van der Waals surface area contributed by atoms with Crippen molar-refractivity contribution < 1.29 is 9.26 Å². The van der Waals surface area contributed by atoms with E-state index in [1.807, 2.05) is 20.8 Å². The first-order chi connectivity index (χ1) is 17.7. The van der Waals surface area contributed by atoms with Gasteiger partial charge in [0.25, 0.3) is 0 Å². The highest BCUT2D eigenvalue weighted by atomic mass is 16.5. The van der Waals surface area contributed by atoms with Crippen molar-refractivity contribution in [1.82, 2.24) is 20.0 Å². The molecule has 1 aromatic carbocycles. The van der Waals surface area contributed by atoms with Crippen LogP contribution in [0.3, 0.4) is 0 Å². The molecule has 1 aliphatic rings. The third-order valence-electron chi connectivity index (χ3n) is 8.06. The fraction of sp³-hybridized carbons (Fsp3) is 0.613. The molecule has 1 saturated carbocycles. The Morgan fingerprint density at radius 3 is 2.51 bits per heavy atom. The zero-order valence-corrected chi connectivity index (χ0v) is 23.9. The van der Waals surface area contributed by atoms with Gasteiger partial charge in [-0.1, -0.05) is 38.1 Å². The molecule has 0 radical (unpaired) electrons. The first-order valence-corrected chi connectivity index (χ1v) is 14.2. The number of rotatable bonds is 11. The average Bonchev–Trinajstić information content (AvgIpc) is 3.40. The van der Waals surface area contributed by atoms with Crippen molar-refractivity contribution in [2.24, 2.45) is 5.92 Å². The summed E-state index contributed by atoms with van der Waals surface area (Å²) in [5, 5.41) is 7.64. The van der Waals surface area contributed by atoms with Crippen molar-refractivity contribution in [2.75, 3.05) is 6.54 Å². The SMILES string of the molecule is C=C(C)NCCC(c1nc2cc(-c3c(C)noc3C)ccc2n1C1CCC(OC(C)C)CC1)[C@H](C)CC. The molecule has 2 heterocycles. The third kappa shape index (κ3) is 6.11. The number of nitrogens with zero attached hydrogens (tertiary/aromatic N) is 3. The second-order valence-electron chi connectivity index (χ2n) is 11.3. The number of hydrogen-bond acceptors (Lipinski definition) is 5. The van der Waals surface area contributed by atoms with Crippen LogP contribution in [0.5, 0.6) is 0 Å². The summed E-state index contributed by atoms with van der Waals surface area (Å²) in [6.07, 6.45) is 7.26. The second-order valence-corrected chi connectivity index (χ2v) is 11.3. The predicted octanol–water partition coefficient (Wildman–Crippen LogP) is 7.86. The zero-order chi connectivity index (χ0) is 26.7. The largest absolute Gasteiger partial charge is 0.389 e. The highest BCUT2D eigenvalue weighted by Gasteiger charge is 2.31. The summed E-state index contributed by atoms with van der Waals surface area (Å²) in [4.78, 5) is 5.38. The van der Waals surface area contributed by atoms with Crippen LogP contribution in [-0.2, 0) is 4.74 Å². The topological polar surface area (TPSA) is 65.1 Å². The minimum absolute atomic E-state index is 0.282. The summed E-state index contributed by atoms with van der Waals surface area (Å²) in [7, 11) is 0. The van der Waals surface area contributed by atoms with E-state index in [4.69, 9.17) is 14.2 Å². The molecule has 0 spiro atoms. The van der Waals surface area contributed by atoms with E-state index >= 15 is 0 Å². The van der Waals surface area contributed by atoms with E-state index in [9.17, 15) is 0 Å². The van der Waals surface area contributed by atoms with Crippen molar-refractivity contribution in [1.29, 1.82) is 0 Å². The molecule has 1 unspecified atom stereocenters. The van der Waals surface area contributed by atoms with Gasteiger partial charge in [-0.05, 0) is 90.3 Å². The normalized spacial score (nSPS) is 19.9. The van der Waals surface area contributed by atoms with E-state index in [1.54, 1.807) is 0 Å². The van der Waals surface area contributed by atoms with Crippen molar-refractivity contribution in [3.63, 3.8) is 0 Å². The van der Waals surface area contributed by atoms with Crippen molar-refractivity contribution in [3.8, 4) is 11.1 Å². The second kappa shape index (κ2) is 11.8. The zero-order valence-electron chi connectivity index (χ0n) is 23.9. The number of ether oxygens (including phenoxy) is 1. The fourth-order valence-corrected chi connectivity index (χ4v) is 6.03. The Morgan fingerprint density at radius 2 is 1.92 bits per heavy atom. The Morgan fingerprint density at radius 1 is 1.19 bits per heavy atom. The van der Waals surface area contributed by atoms with Gasteiger partial charge in [0.15, 0.2) is 0 Å². The molecule has 6 heteroatoms. The molecule has 1 N–H and O–H groups in total. The maximum absolute atomic E-state index is 6.18. The first-order valence-electron chi connectivity index (χ1n) is 14.2. The van der Waals surface area contributed by atoms with Crippen LogP contribution in [0.2, 0.25) is 0 Å². The van der Waals surface area contributed by atoms with Crippen LogP contribution in [0.4, 0.5) is 0 Å². The Hall–Kier alpha value is -2.60. The maximum Gasteiger partial charge on any atom is 0.141 e. The average molecular weight is 507 g/mol. The maximum atomic E-state index is 6.18. The van der Waals surface area contributed by atoms with Crippen LogP contribution >= 0.6 is 0 Å².